The molecule has 29 heavy (non-hydrogen) atoms. The first kappa shape index (κ1) is 20.1. The van der Waals surface area contributed by atoms with Crippen molar-refractivity contribution in [2.45, 2.75) is 13.5 Å². The summed E-state index contributed by atoms with van der Waals surface area (Å²) in [4.78, 5) is 30.5. The summed E-state index contributed by atoms with van der Waals surface area (Å²) in [6.45, 7) is 3.08. The number of pyridine rings is 1. The third kappa shape index (κ3) is 5.19. The van der Waals surface area contributed by atoms with Crippen LogP contribution in [0.5, 0.6) is 0 Å². The molecule has 3 aromatic rings. The zero-order valence-electron chi connectivity index (χ0n) is 16.5. The van der Waals surface area contributed by atoms with Crippen LogP contribution in [0.25, 0.3) is 0 Å². The lowest BCUT2D eigenvalue weighted by Gasteiger charge is -2.20. The highest BCUT2D eigenvalue weighted by Gasteiger charge is 2.16. The summed E-state index contributed by atoms with van der Waals surface area (Å²) in [5.41, 5.74) is 3.36. The monoisotopic (exact) mass is 389 g/mol. The number of nitrogens with zero attached hydrogens (tertiary/aromatic N) is 2. The Morgan fingerprint density at radius 1 is 1.00 bits per heavy atom. The molecule has 0 saturated heterocycles. The molecule has 6 heteroatoms. The number of esters is 1. The standard InChI is InChI=1S/C23H23N3O3/c1-3-26(16-17-8-5-4-6-9-17)22(27)21-13-12-20(15-24-21)25-19-11-7-10-18(14-19)23(28)29-2/h4-15,25H,3,16H2,1-2H3. The topological polar surface area (TPSA) is 71.5 Å². The van der Waals surface area contributed by atoms with Crippen LogP contribution in [0.15, 0.2) is 72.9 Å². The highest BCUT2D eigenvalue weighted by atomic mass is 16.5. The van der Waals surface area contributed by atoms with Crippen LogP contribution in [0.2, 0.25) is 0 Å². The first-order chi connectivity index (χ1) is 14.1. The van der Waals surface area contributed by atoms with Crippen molar-refractivity contribution in [3.8, 4) is 0 Å². The number of methoxy groups -OCH3 is 1. The minimum atomic E-state index is -0.397. The number of hydrogen-bond donors (Lipinski definition) is 1. The van der Waals surface area contributed by atoms with E-state index in [1.807, 2.05) is 43.3 Å². The molecule has 0 aliphatic heterocycles. The highest BCUT2D eigenvalue weighted by molar-refractivity contribution is 5.93. The Morgan fingerprint density at radius 3 is 2.45 bits per heavy atom. The lowest BCUT2D eigenvalue weighted by atomic mass is 10.2. The van der Waals surface area contributed by atoms with Gasteiger partial charge >= 0.3 is 5.97 Å². The molecule has 0 spiro atoms. The largest absolute Gasteiger partial charge is 0.465 e. The molecule has 0 radical (unpaired) electrons. The van der Waals surface area contributed by atoms with Gasteiger partial charge in [0.05, 0.1) is 24.6 Å². The van der Waals surface area contributed by atoms with E-state index in [1.165, 1.54) is 7.11 Å². The van der Waals surface area contributed by atoms with Gasteiger partial charge in [-0.25, -0.2) is 9.78 Å². The molecule has 0 aliphatic rings. The number of carbonyl (C=O) groups excluding carboxylic acids is 2. The van der Waals surface area contributed by atoms with Gasteiger partial charge in [0, 0.05) is 18.8 Å². The van der Waals surface area contributed by atoms with Crippen molar-refractivity contribution in [1.82, 2.24) is 9.88 Å². The molecule has 0 bridgehead atoms. The van der Waals surface area contributed by atoms with Gasteiger partial charge in [-0.1, -0.05) is 36.4 Å². The van der Waals surface area contributed by atoms with Crippen molar-refractivity contribution in [1.29, 1.82) is 0 Å². The van der Waals surface area contributed by atoms with Crippen molar-refractivity contribution in [3.63, 3.8) is 0 Å². The molecule has 1 amide bonds. The number of carbonyl (C=O) groups is 2. The van der Waals surface area contributed by atoms with Gasteiger partial charge < -0.3 is 15.0 Å². The Bertz CT molecular complexity index is 972. The summed E-state index contributed by atoms with van der Waals surface area (Å²) in [7, 11) is 1.35. The summed E-state index contributed by atoms with van der Waals surface area (Å²) < 4.78 is 4.74. The lowest BCUT2D eigenvalue weighted by molar-refractivity contribution is 0.0600. The molecule has 0 aliphatic carbocycles. The van der Waals surface area contributed by atoms with Crippen molar-refractivity contribution in [2.75, 3.05) is 19.0 Å². The molecule has 0 unspecified atom stereocenters. The summed E-state index contributed by atoms with van der Waals surface area (Å²) in [5, 5.41) is 3.18. The smallest absolute Gasteiger partial charge is 0.337 e. The maximum absolute atomic E-state index is 12.8. The third-order valence-corrected chi connectivity index (χ3v) is 4.44. The molecule has 1 aromatic heterocycles. The van der Waals surface area contributed by atoms with Gasteiger partial charge in [-0.15, -0.1) is 0 Å². The Kier molecular flexibility index (Phi) is 6.58. The Hall–Kier alpha value is -3.67. The Labute approximate surface area is 170 Å². The van der Waals surface area contributed by atoms with E-state index >= 15 is 0 Å². The predicted molar refractivity (Wildman–Crippen MR) is 112 cm³/mol. The average Bonchev–Trinajstić information content (AvgIpc) is 2.78. The number of benzene rings is 2. The molecule has 3 rings (SSSR count). The molecule has 0 atom stereocenters. The van der Waals surface area contributed by atoms with Crippen molar-refractivity contribution < 1.29 is 14.3 Å². The molecule has 148 valence electrons. The van der Waals surface area contributed by atoms with Crippen molar-refractivity contribution in [3.05, 3.63) is 89.7 Å². The van der Waals surface area contributed by atoms with E-state index in [9.17, 15) is 9.59 Å². The van der Waals surface area contributed by atoms with E-state index < -0.39 is 5.97 Å². The molecule has 1 N–H and O–H groups in total. The van der Waals surface area contributed by atoms with Gasteiger partial charge in [0.2, 0.25) is 0 Å². The first-order valence-corrected chi connectivity index (χ1v) is 9.35. The number of amides is 1. The van der Waals surface area contributed by atoms with Crippen LogP contribution >= 0.6 is 0 Å². The molecule has 6 nitrogen and oxygen atoms in total. The SMILES string of the molecule is CCN(Cc1ccccc1)C(=O)c1ccc(Nc2cccc(C(=O)OC)c2)cn1. The maximum Gasteiger partial charge on any atom is 0.337 e. The number of ether oxygens (including phenoxy) is 1. The minimum absolute atomic E-state index is 0.115. The number of aromatic nitrogens is 1. The zero-order valence-corrected chi connectivity index (χ0v) is 16.5. The minimum Gasteiger partial charge on any atom is -0.465 e. The Morgan fingerprint density at radius 2 is 1.79 bits per heavy atom. The van der Waals surface area contributed by atoms with Gasteiger partial charge in [-0.3, -0.25) is 4.79 Å². The quantitative estimate of drug-likeness (QED) is 0.611. The van der Waals surface area contributed by atoms with E-state index in [0.29, 0.717) is 24.3 Å². The van der Waals surface area contributed by atoms with Crippen LogP contribution in [-0.4, -0.2) is 35.4 Å². The summed E-state index contributed by atoms with van der Waals surface area (Å²) in [6, 6.07) is 20.3. The van der Waals surface area contributed by atoms with Crippen LogP contribution in [0.1, 0.15) is 33.3 Å². The predicted octanol–water partition coefficient (Wildman–Crippen LogP) is 4.27. The summed E-state index contributed by atoms with van der Waals surface area (Å²) in [5.74, 6) is -0.513. The van der Waals surface area contributed by atoms with Gasteiger partial charge in [-0.05, 0) is 42.8 Å². The lowest BCUT2D eigenvalue weighted by Crippen LogP contribution is -2.30. The molecule has 2 aromatic carbocycles. The van der Waals surface area contributed by atoms with Gasteiger partial charge in [0.1, 0.15) is 5.69 Å². The maximum atomic E-state index is 12.8. The zero-order chi connectivity index (χ0) is 20.6. The second kappa shape index (κ2) is 9.50. The van der Waals surface area contributed by atoms with Crippen LogP contribution in [0, 0.1) is 0 Å². The van der Waals surface area contributed by atoms with E-state index in [1.54, 1.807) is 41.4 Å². The second-order valence-corrected chi connectivity index (χ2v) is 6.43. The fourth-order valence-corrected chi connectivity index (χ4v) is 2.90. The van der Waals surface area contributed by atoms with Crippen LogP contribution in [0.3, 0.4) is 0 Å². The average molecular weight is 389 g/mol. The fourth-order valence-electron chi connectivity index (χ4n) is 2.90. The normalized spacial score (nSPS) is 10.3. The first-order valence-electron chi connectivity index (χ1n) is 9.35. The molecule has 0 saturated carbocycles. The van der Waals surface area contributed by atoms with E-state index in [-0.39, 0.29) is 5.91 Å². The number of nitrogens with one attached hydrogen (secondary N) is 1. The highest BCUT2D eigenvalue weighted by Crippen LogP contribution is 2.18. The van der Waals surface area contributed by atoms with Gasteiger partial charge in [-0.2, -0.15) is 0 Å². The Balaban J connectivity index is 1.69. The van der Waals surface area contributed by atoms with Crippen LogP contribution in [0.4, 0.5) is 11.4 Å². The van der Waals surface area contributed by atoms with Crippen LogP contribution in [-0.2, 0) is 11.3 Å². The van der Waals surface area contributed by atoms with Crippen LogP contribution < -0.4 is 5.32 Å². The number of hydrogen-bond acceptors (Lipinski definition) is 5. The molecule has 1 heterocycles. The van der Waals surface area contributed by atoms with Crippen molar-refractivity contribution >= 4 is 23.3 Å². The molecule has 0 fully saturated rings. The fraction of sp³-hybridized carbons (Fsp3) is 0.174. The third-order valence-electron chi connectivity index (χ3n) is 4.44. The molecular weight excluding hydrogens is 366 g/mol. The van der Waals surface area contributed by atoms with Gasteiger partial charge in [0.25, 0.3) is 5.91 Å². The number of anilines is 2. The van der Waals surface area contributed by atoms with Crippen molar-refractivity contribution in [2.24, 2.45) is 0 Å². The van der Waals surface area contributed by atoms with E-state index in [0.717, 1.165) is 16.9 Å². The van der Waals surface area contributed by atoms with Gasteiger partial charge in [0.15, 0.2) is 0 Å². The number of rotatable bonds is 7. The summed E-state index contributed by atoms with van der Waals surface area (Å²) >= 11 is 0. The van der Waals surface area contributed by atoms with E-state index in [2.05, 4.69) is 10.3 Å². The second-order valence-electron chi connectivity index (χ2n) is 6.43. The summed E-state index contributed by atoms with van der Waals surface area (Å²) in [6.07, 6.45) is 1.61. The molecular formula is C23H23N3O3. The van der Waals surface area contributed by atoms with E-state index in [4.69, 9.17) is 4.74 Å².